The maximum Gasteiger partial charge on any atom is 0.416 e. The molecule has 2 unspecified atom stereocenters. The molecule has 2 aromatic rings. The number of alkyl halides is 3. The summed E-state index contributed by atoms with van der Waals surface area (Å²) in [6.45, 7) is 1.91. The fourth-order valence-electron chi connectivity index (χ4n) is 7.05. The van der Waals surface area contributed by atoms with Crippen LogP contribution in [0.2, 0.25) is 0 Å². The average molecular weight is 527 g/mol. The molecule has 2 heterocycles. The van der Waals surface area contributed by atoms with Crippen molar-refractivity contribution in [2.24, 2.45) is 23.7 Å². The zero-order valence-corrected chi connectivity index (χ0v) is 21.3. The Labute approximate surface area is 220 Å². The molecule has 0 aromatic heterocycles. The van der Waals surface area contributed by atoms with Crippen LogP contribution in [0.3, 0.4) is 0 Å². The maximum atomic E-state index is 12.9. The third-order valence-corrected chi connectivity index (χ3v) is 9.12. The van der Waals surface area contributed by atoms with Crippen molar-refractivity contribution in [2.75, 3.05) is 18.4 Å². The normalized spacial score (nSPS) is 30.3. The molecule has 38 heavy (non-hydrogen) atoms. The summed E-state index contributed by atoms with van der Waals surface area (Å²) in [6.07, 6.45) is 1.68. The second-order valence-corrected chi connectivity index (χ2v) is 11.4. The third kappa shape index (κ3) is 5.20. The van der Waals surface area contributed by atoms with Gasteiger partial charge in [-0.25, -0.2) is 0 Å². The Morgan fingerprint density at radius 2 is 1.68 bits per heavy atom. The number of carbonyl (C=O) groups excluding carboxylic acids is 2. The lowest BCUT2D eigenvalue weighted by Gasteiger charge is -2.37. The standard InChI is InChI=1S/C30H33F3N2O3/c31-30(32,33)20-5-3-6-21(15-20)34-28(37)13-12-25(36)29-23-16-35(17-24(23)29)22-10-8-18(9-11-22)27-14-19-4-1-2-7-26(19)38-27/h1-7,15,18,22-24,27,29H,8-14,16-17H2,(H,34,37)/t18?,22?,23-,24+,27?,29?. The summed E-state index contributed by atoms with van der Waals surface area (Å²) >= 11 is 0. The molecule has 4 aliphatic rings. The molecule has 2 aliphatic carbocycles. The Morgan fingerprint density at radius 3 is 2.39 bits per heavy atom. The Bertz CT molecular complexity index is 1170. The number of nitrogens with one attached hydrogen (secondary N) is 1. The van der Waals surface area contributed by atoms with E-state index in [1.165, 1.54) is 43.4 Å². The molecule has 5 nitrogen and oxygen atoms in total. The number of hydrogen-bond acceptors (Lipinski definition) is 4. The second-order valence-electron chi connectivity index (χ2n) is 11.4. The quantitative estimate of drug-likeness (QED) is 0.501. The Morgan fingerprint density at radius 1 is 0.947 bits per heavy atom. The van der Waals surface area contributed by atoms with Crippen molar-refractivity contribution in [3.63, 3.8) is 0 Å². The molecule has 0 bridgehead atoms. The van der Waals surface area contributed by atoms with Gasteiger partial charge in [0.25, 0.3) is 0 Å². The minimum Gasteiger partial charge on any atom is -0.490 e. The molecule has 202 valence electrons. The first-order chi connectivity index (χ1) is 18.3. The lowest BCUT2D eigenvalue weighted by atomic mass is 9.81. The van der Waals surface area contributed by atoms with Crippen molar-refractivity contribution in [3.05, 3.63) is 59.7 Å². The van der Waals surface area contributed by atoms with E-state index in [9.17, 15) is 22.8 Å². The number of fused-ring (bicyclic) bond motifs is 2. The van der Waals surface area contributed by atoms with Gasteiger partial charge in [0.2, 0.25) is 5.91 Å². The van der Waals surface area contributed by atoms with Crippen LogP contribution in [-0.4, -0.2) is 41.8 Å². The Kier molecular flexibility index (Phi) is 6.70. The number of benzene rings is 2. The van der Waals surface area contributed by atoms with Gasteiger partial charge in [-0.1, -0.05) is 24.3 Å². The summed E-state index contributed by atoms with van der Waals surface area (Å²) in [5, 5.41) is 2.49. The number of likely N-dealkylation sites (tertiary alicyclic amines) is 1. The first kappa shape index (κ1) is 25.4. The maximum absolute atomic E-state index is 12.9. The zero-order valence-electron chi connectivity index (χ0n) is 21.3. The summed E-state index contributed by atoms with van der Waals surface area (Å²) in [4.78, 5) is 27.6. The van der Waals surface area contributed by atoms with Crippen LogP contribution in [0.25, 0.3) is 0 Å². The SMILES string of the molecule is O=C(CCC(=O)C1[C@H]2CN(C3CCC(C4Cc5ccccc5O4)CC3)C[C@@H]12)Nc1cccc(C(F)(F)F)c1. The van der Waals surface area contributed by atoms with Crippen molar-refractivity contribution < 1.29 is 27.5 Å². The lowest BCUT2D eigenvalue weighted by molar-refractivity contribution is -0.137. The number of halogens is 3. The van der Waals surface area contributed by atoms with Crippen molar-refractivity contribution in [1.29, 1.82) is 0 Å². The second kappa shape index (κ2) is 10.0. The van der Waals surface area contributed by atoms with Crippen LogP contribution < -0.4 is 10.1 Å². The predicted octanol–water partition coefficient (Wildman–Crippen LogP) is 5.73. The number of para-hydroxylation sites is 1. The van der Waals surface area contributed by atoms with Crippen LogP contribution in [0.1, 0.15) is 49.7 Å². The topological polar surface area (TPSA) is 58.6 Å². The van der Waals surface area contributed by atoms with E-state index in [0.717, 1.165) is 37.4 Å². The number of rotatable bonds is 7. The van der Waals surface area contributed by atoms with Gasteiger partial charge in [0.1, 0.15) is 17.6 Å². The highest BCUT2D eigenvalue weighted by Gasteiger charge is 2.59. The lowest BCUT2D eigenvalue weighted by Crippen LogP contribution is -2.41. The van der Waals surface area contributed by atoms with Crippen molar-refractivity contribution in [2.45, 2.75) is 63.3 Å². The van der Waals surface area contributed by atoms with Crippen molar-refractivity contribution >= 4 is 17.4 Å². The number of anilines is 1. The molecule has 2 saturated carbocycles. The molecular weight excluding hydrogens is 493 g/mol. The summed E-state index contributed by atoms with van der Waals surface area (Å²) in [6, 6.07) is 13.5. The van der Waals surface area contributed by atoms with Crippen molar-refractivity contribution in [1.82, 2.24) is 4.90 Å². The molecule has 3 fully saturated rings. The number of amides is 1. The average Bonchev–Trinajstić information content (AvgIpc) is 3.22. The number of nitrogens with zero attached hydrogens (tertiary/aromatic N) is 1. The van der Waals surface area contributed by atoms with Gasteiger partial charge in [0.15, 0.2) is 0 Å². The molecule has 2 aliphatic heterocycles. The number of Topliss-reactive ketones (excluding diaryl/α,β-unsaturated/α-hetero) is 1. The monoisotopic (exact) mass is 526 g/mol. The van der Waals surface area contributed by atoms with E-state index in [4.69, 9.17) is 4.74 Å². The number of ether oxygens (including phenoxy) is 1. The highest BCUT2D eigenvalue weighted by atomic mass is 19.4. The van der Waals surface area contributed by atoms with Crippen LogP contribution in [0.15, 0.2) is 48.5 Å². The minimum atomic E-state index is -4.47. The first-order valence-corrected chi connectivity index (χ1v) is 13.7. The highest BCUT2D eigenvalue weighted by molar-refractivity contribution is 5.94. The summed E-state index contributed by atoms with van der Waals surface area (Å²) in [5.41, 5.74) is 0.603. The fraction of sp³-hybridized carbons (Fsp3) is 0.533. The van der Waals surface area contributed by atoms with Gasteiger partial charge in [-0.05, 0) is 73.3 Å². The van der Waals surface area contributed by atoms with Crippen LogP contribution >= 0.6 is 0 Å². The zero-order chi connectivity index (χ0) is 26.4. The third-order valence-electron chi connectivity index (χ3n) is 9.12. The van der Waals surface area contributed by atoms with E-state index in [-0.39, 0.29) is 30.2 Å². The molecule has 0 radical (unpaired) electrons. The summed E-state index contributed by atoms with van der Waals surface area (Å²) in [7, 11) is 0. The van der Waals surface area contributed by atoms with Crippen LogP contribution in [0.5, 0.6) is 5.75 Å². The van der Waals surface area contributed by atoms with E-state index in [2.05, 4.69) is 28.4 Å². The van der Waals surface area contributed by atoms with E-state index in [1.807, 2.05) is 6.07 Å². The molecule has 6 rings (SSSR count). The molecule has 1 amide bonds. The van der Waals surface area contributed by atoms with Crippen LogP contribution in [0, 0.1) is 23.7 Å². The van der Waals surface area contributed by atoms with E-state index in [0.29, 0.717) is 29.9 Å². The minimum absolute atomic E-state index is 0.00808. The molecular formula is C30H33F3N2O3. The van der Waals surface area contributed by atoms with E-state index in [1.54, 1.807) is 0 Å². The van der Waals surface area contributed by atoms with Gasteiger partial charge < -0.3 is 10.1 Å². The molecule has 1 saturated heterocycles. The molecule has 2 aromatic carbocycles. The number of carbonyl (C=O) groups is 2. The number of ketones is 1. The Hall–Kier alpha value is -2.87. The Balaban J connectivity index is 0.912. The summed E-state index contributed by atoms with van der Waals surface area (Å²) in [5.74, 6) is 2.14. The van der Waals surface area contributed by atoms with Gasteiger partial charge in [0, 0.05) is 50.0 Å². The molecule has 0 spiro atoms. The van der Waals surface area contributed by atoms with Gasteiger partial charge in [-0.15, -0.1) is 0 Å². The van der Waals surface area contributed by atoms with Crippen molar-refractivity contribution in [3.8, 4) is 5.75 Å². The first-order valence-electron chi connectivity index (χ1n) is 13.7. The van der Waals surface area contributed by atoms with Gasteiger partial charge in [-0.3, -0.25) is 14.5 Å². The summed E-state index contributed by atoms with van der Waals surface area (Å²) < 4.78 is 44.9. The van der Waals surface area contributed by atoms with Crippen LogP contribution in [0.4, 0.5) is 18.9 Å². The van der Waals surface area contributed by atoms with E-state index < -0.39 is 17.6 Å². The van der Waals surface area contributed by atoms with Gasteiger partial charge in [-0.2, -0.15) is 13.2 Å². The molecule has 8 heteroatoms. The fourth-order valence-corrected chi connectivity index (χ4v) is 7.05. The van der Waals surface area contributed by atoms with E-state index >= 15 is 0 Å². The largest absolute Gasteiger partial charge is 0.490 e. The predicted molar refractivity (Wildman–Crippen MR) is 137 cm³/mol. The van der Waals surface area contributed by atoms with Crippen LogP contribution in [-0.2, 0) is 22.2 Å². The number of hydrogen-bond donors (Lipinski definition) is 1. The highest BCUT2D eigenvalue weighted by Crippen LogP contribution is 2.54. The van der Waals surface area contributed by atoms with Gasteiger partial charge >= 0.3 is 6.18 Å². The number of piperidine rings is 1. The smallest absolute Gasteiger partial charge is 0.416 e. The molecule has 4 atom stereocenters. The molecule has 1 N–H and O–H groups in total. The van der Waals surface area contributed by atoms with Gasteiger partial charge in [0.05, 0.1) is 5.56 Å².